The van der Waals surface area contributed by atoms with Crippen LogP contribution in [0, 0.1) is 0 Å². The first-order valence-corrected chi connectivity index (χ1v) is 7.36. The fraction of sp³-hybridized carbons (Fsp3) is 0.438. The highest BCUT2D eigenvalue weighted by atomic mass is 16.5. The number of aromatic nitrogens is 2. The van der Waals surface area contributed by atoms with Crippen molar-refractivity contribution in [1.29, 1.82) is 0 Å². The van der Waals surface area contributed by atoms with Crippen molar-refractivity contribution >= 4 is 11.4 Å². The third-order valence-electron chi connectivity index (χ3n) is 4.43. The van der Waals surface area contributed by atoms with Gasteiger partial charge in [-0.25, -0.2) is 4.99 Å². The van der Waals surface area contributed by atoms with E-state index in [4.69, 9.17) is 15.2 Å². The van der Waals surface area contributed by atoms with E-state index in [-0.39, 0.29) is 11.5 Å². The third-order valence-corrected chi connectivity index (χ3v) is 4.43. The Hall–Kier alpha value is -2.01. The van der Waals surface area contributed by atoms with Gasteiger partial charge in [-0.1, -0.05) is 12.1 Å². The quantitative estimate of drug-likeness (QED) is 0.939. The van der Waals surface area contributed by atoms with Gasteiger partial charge in [0.2, 0.25) is 0 Å². The maximum absolute atomic E-state index is 5.80. The molecule has 0 radical (unpaired) electrons. The highest BCUT2D eigenvalue weighted by molar-refractivity contribution is 6.04. The second-order valence-corrected chi connectivity index (χ2v) is 6.36. The number of rotatable bonds is 3. The summed E-state index contributed by atoms with van der Waals surface area (Å²) in [5.74, 6) is 0.683. The summed E-state index contributed by atoms with van der Waals surface area (Å²) < 4.78 is 5.25. The zero-order chi connectivity index (χ0) is 14.6. The van der Waals surface area contributed by atoms with Crippen LogP contribution in [-0.4, -0.2) is 15.9 Å². The van der Waals surface area contributed by atoms with Gasteiger partial charge in [-0.15, -0.1) is 0 Å². The maximum atomic E-state index is 5.80. The average Bonchev–Trinajstić information content (AvgIpc) is 2.95. The van der Waals surface area contributed by atoms with Crippen LogP contribution in [0.15, 0.2) is 27.7 Å². The Labute approximate surface area is 123 Å². The van der Waals surface area contributed by atoms with Crippen molar-refractivity contribution in [2.24, 2.45) is 10.7 Å². The number of pyridine rings is 1. The van der Waals surface area contributed by atoms with Crippen molar-refractivity contribution in [2.45, 2.75) is 44.6 Å². The number of nitrogens with two attached hydrogens (primary N) is 1. The molecule has 21 heavy (non-hydrogen) atoms. The summed E-state index contributed by atoms with van der Waals surface area (Å²) in [6.45, 7) is 4.14. The molecule has 1 aliphatic carbocycles. The van der Waals surface area contributed by atoms with Crippen molar-refractivity contribution in [3.63, 3.8) is 0 Å². The molecule has 2 aromatic rings. The molecule has 1 atom stereocenters. The molecule has 108 valence electrons. The lowest BCUT2D eigenvalue weighted by atomic mass is 10.0. The molecule has 0 spiro atoms. The first-order chi connectivity index (χ1) is 10.0. The fourth-order valence-corrected chi connectivity index (χ4v) is 2.64. The normalized spacial score (nSPS) is 20.0. The molecule has 1 saturated carbocycles. The lowest BCUT2D eigenvalue weighted by Gasteiger charge is -2.08. The monoisotopic (exact) mass is 282 g/mol. The molecule has 2 N–H and O–H groups in total. The van der Waals surface area contributed by atoms with Crippen LogP contribution in [0.5, 0.6) is 0 Å². The zero-order valence-electron chi connectivity index (χ0n) is 12.3. The van der Waals surface area contributed by atoms with E-state index in [2.05, 4.69) is 29.2 Å². The fourth-order valence-electron chi connectivity index (χ4n) is 2.64. The number of aliphatic imine (C=N–C) groups is 1. The highest BCUT2D eigenvalue weighted by Gasteiger charge is 2.41. The summed E-state index contributed by atoms with van der Waals surface area (Å²) in [7, 11) is 0. The Morgan fingerprint density at radius 1 is 1.33 bits per heavy atom. The van der Waals surface area contributed by atoms with Gasteiger partial charge in [-0.3, -0.25) is 4.98 Å². The maximum Gasteiger partial charge on any atom is 0.153 e. The van der Waals surface area contributed by atoms with Crippen molar-refractivity contribution in [3.8, 4) is 0 Å². The van der Waals surface area contributed by atoms with Gasteiger partial charge < -0.3 is 10.3 Å². The van der Waals surface area contributed by atoms with Crippen LogP contribution >= 0.6 is 0 Å². The molecule has 5 nitrogen and oxygen atoms in total. The van der Waals surface area contributed by atoms with E-state index in [0.29, 0.717) is 12.2 Å². The van der Waals surface area contributed by atoms with Gasteiger partial charge >= 0.3 is 0 Å². The third kappa shape index (κ3) is 2.08. The van der Waals surface area contributed by atoms with Gasteiger partial charge in [0.05, 0.1) is 23.1 Å². The van der Waals surface area contributed by atoms with Crippen molar-refractivity contribution in [3.05, 3.63) is 41.0 Å². The van der Waals surface area contributed by atoms with E-state index in [1.165, 1.54) is 18.5 Å². The molecule has 0 amide bonds. The van der Waals surface area contributed by atoms with E-state index < -0.39 is 0 Å². The lowest BCUT2D eigenvalue weighted by Crippen LogP contribution is -2.06. The summed E-state index contributed by atoms with van der Waals surface area (Å²) in [6, 6.07) is 5.89. The molecular formula is C16H18N4O. The molecule has 3 heterocycles. The molecule has 4 rings (SSSR count). The van der Waals surface area contributed by atoms with Crippen LogP contribution in [0.4, 0.5) is 5.69 Å². The minimum Gasteiger partial charge on any atom is -0.359 e. The van der Waals surface area contributed by atoms with Gasteiger partial charge in [0.15, 0.2) is 5.76 Å². The van der Waals surface area contributed by atoms with E-state index in [1.54, 1.807) is 0 Å². The molecule has 0 aromatic carbocycles. The van der Waals surface area contributed by atoms with Crippen LogP contribution in [0.1, 0.15) is 55.6 Å². The Morgan fingerprint density at radius 2 is 2.14 bits per heavy atom. The molecular weight excluding hydrogens is 264 g/mol. The molecule has 1 fully saturated rings. The van der Waals surface area contributed by atoms with Gasteiger partial charge in [-0.05, 0) is 31.9 Å². The van der Waals surface area contributed by atoms with Crippen LogP contribution < -0.4 is 5.73 Å². The summed E-state index contributed by atoms with van der Waals surface area (Å²) in [4.78, 5) is 9.44. The predicted molar refractivity (Wildman–Crippen MR) is 79.8 cm³/mol. The van der Waals surface area contributed by atoms with Crippen molar-refractivity contribution in [1.82, 2.24) is 10.1 Å². The van der Waals surface area contributed by atoms with Crippen molar-refractivity contribution < 1.29 is 4.52 Å². The van der Waals surface area contributed by atoms with E-state index in [9.17, 15) is 0 Å². The molecule has 2 aliphatic rings. The first-order valence-electron chi connectivity index (χ1n) is 7.36. The molecule has 2 aromatic heterocycles. The second-order valence-electron chi connectivity index (χ2n) is 6.36. The molecule has 0 saturated heterocycles. The van der Waals surface area contributed by atoms with Crippen LogP contribution in [-0.2, 0) is 11.8 Å². The van der Waals surface area contributed by atoms with Crippen LogP contribution in [0.25, 0.3) is 0 Å². The summed E-state index contributed by atoms with van der Waals surface area (Å²) in [6.07, 6.45) is 3.17. The SMILES string of the molecule is C[C@@H](N)c1cc(C2=Nc3ccc(C4(C)CC4)nc3C2)no1. The number of hydrogen-bond acceptors (Lipinski definition) is 5. The van der Waals surface area contributed by atoms with Gasteiger partial charge in [0.1, 0.15) is 5.69 Å². The average molecular weight is 282 g/mol. The highest BCUT2D eigenvalue weighted by Crippen LogP contribution is 2.47. The number of fused-ring (bicyclic) bond motifs is 1. The molecule has 1 aliphatic heterocycles. The Balaban J connectivity index is 1.62. The lowest BCUT2D eigenvalue weighted by molar-refractivity contribution is 0.366. The summed E-state index contributed by atoms with van der Waals surface area (Å²) in [5.41, 5.74) is 10.9. The number of nitrogens with zero attached hydrogens (tertiary/aromatic N) is 3. The van der Waals surface area contributed by atoms with E-state index in [1.807, 2.05) is 13.0 Å². The minimum absolute atomic E-state index is 0.157. The minimum atomic E-state index is -0.157. The van der Waals surface area contributed by atoms with Crippen LogP contribution in [0.3, 0.4) is 0 Å². The zero-order valence-corrected chi connectivity index (χ0v) is 12.3. The van der Waals surface area contributed by atoms with Crippen LogP contribution in [0.2, 0.25) is 0 Å². The predicted octanol–water partition coefficient (Wildman–Crippen LogP) is 2.82. The first kappa shape index (κ1) is 12.7. The summed E-state index contributed by atoms with van der Waals surface area (Å²) in [5, 5.41) is 4.07. The molecule has 5 heteroatoms. The van der Waals surface area contributed by atoms with Gasteiger partial charge in [0, 0.05) is 23.6 Å². The Bertz CT molecular complexity index is 740. The summed E-state index contributed by atoms with van der Waals surface area (Å²) >= 11 is 0. The van der Waals surface area contributed by atoms with Gasteiger partial charge in [0.25, 0.3) is 0 Å². The number of hydrogen-bond donors (Lipinski definition) is 1. The largest absolute Gasteiger partial charge is 0.359 e. The Kier molecular flexibility index (Phi) is 2.57. The molecule has 0 unspecified atom stereocenters. The van der Waals surface area contributed by atoms with E-state index in [0.717, 1.165) is 22.8 Å². The topological polar surface area (TPSA) is 77.3 Å². The smallest absolute Gasteiger partial charge is 0.153 e. The van der Waals surface area contributed by atoms with E-state index >= 15 is 0 Å². The standard InChI is InChI=1S/C16H18N4O/c1-9(17)14-8-13(20-21-14)12-7-11-10(18-12)3-4-15(19-11)16(2)5-6-16/h3-4,8-9H,5-7,17H2,1-2H3/t9-/m1/s1. The van der Waals surface area contributed by atoms with Gasteiger partial charge in [-0.2, -0.15) is 0 Å². The second kappa shape index (κ2) is 4.24. The van der Waals surface area contributed by atoms with Crippen molar-refractivity contribution in [2.75, 3.05) is 0 Å². The Morgan fingerprint density at radius 3 is 2.81 bits per heavy atom. The molecule has 0 bridgehead atoms.